The molecule has 0 aliphatic heterocycles. The van der Waals surface area contributed by atoms with Crippen molar-refractivity contribution in [2.75, 3.05) is 0 Å². The molecule has 0 aromatic carbocycles. The number of carbonyl (C=O) groups is 1. The minimum absolute atomic E-state index is 0.555. The van der Waals surface area contributed by atoms with E-state index in [9.17, 15) is 18.7 Å². The van der Waals surface area contributed by atoms with E-state index in [2.05, 4.69) is 11.7 Å². The van der Waals surface area contributed by atoms with E-state index in [4.69, 9.17) is 0 Å². The van der Waals surface area contributed by atoms with E-state index in [1.54, 1.807) is 20.8 Å². The standard InChI is InChI=1S/C21H38N2O3S/c1-5-6-7-8-9-10-11-12-17-13-15-18(16-14-17)27(25,26)20(23-22)19(24)21(2,3)4/h17-18H,5-16H2,1-4H3. The van der Waals surface area contributed by atoms with Crippen molar-refractivity contribution in [1.82, 2.24) is 0 Å². The summed E-state index contributed by atoms with van der Waals surface area (Å²) in [5, 5.41) is -1.26. The largest absolute Gasteiger partial charge is 0.448 e. The van der Waals surface area contributed by atoms with Gasteiger partial charge in [-0.3, -0.25) is 4.79 Å². The van der Waals surface area contributed by atoms with Gasteiger partial charge in [0.15, 0.2) is 0 Å². The molecule has 27 heavy (non-hydrogen) atoms. The van der Waals surface area contributed by atoms with Crippen molar-refractivity contribution < 1.29 is 18.0 Å². The van der Waals surface area contributed by atoms with Crippen LogP contribution in [-0.2, 0) is 14.6 Å². The molecule has 1 rings (SSSR count). The maximum atomic E-state index is 12.8. The average molecular weight is 399 g/mol. The zero-order valence-electron chi connectivity index (χ0n) is 17.7. The van der Waals surface area contributed by atoms with Gasteiger partial charge in [0.05, 0.1) is 5.25 Å². The first-order chi connectivity index (χ1) is 12.6. The molecule has 0 bridgehead atoms. The van der Waals surface area contributed by atoms with Crippen LogP contribution < -0.4 is 0 Å². The summed E-state index contributed by atoms with van der Waals surface area (Å²) in [5.74, 6) is -0.0323. The zero-order chi connectivity index (χ0) is 20.5. The molecule has 1 aliphatic carbocycles. The first-order valence-corrected chi connectivity index (χ1v) is 12.2. The van der Waals surface area contributed by atoms with Gasteiger partial charge in [-0.15, -0.1) is 4.79 Å². The van der Waals surface area contributed by atoms with Gasteiger partial charge in [-0.2, -0.15) is 0 Å². The summed E-state index contributed by atoms with van der Waals surface area (Å²) in [5.41, 5.74) is 8.30. The molecular weight excluding hydrogens is 360 g/mol. The molecule has 1 fully saturated rings. The summed E-state index contributed by atoms with van der Waals surface area (Å²) in [6.45, 7) is 7.13. The Bertz CT molecular complexity index is 620. The van der Waals surface area contributed by atoms with Crippen molar-refractivity contribution in [3.8, 4) is 0 Å². The highest BCUT2D eigenvalue weighted by Gasteiger charge is 2.46. The number of nitrogens with zero attached hydrogens (tertiary/aromatic N) is 2. The summed E-state index contributed by atoms with van der Waals surface area (Å²) in [6, 6.07) is 0. The maximum Gasteiger partial charge on any atom is 0.448 e. The molecule has 156 valence electrons. The molecule has 0 amide bonds. The second kappa shape index (κ2) is 11.1. The smallest absolute Gasteiger partial charge is 0.360 e. The minimum atomic E-state index is -3.87. The van der Waals surface area contributed by atoms with Crippen LogP contribution in [0.2, 0.25) is 0 Å². The van der Waals surface area contributed by atoms with Crippen molar-refractivity contribution in [2.45, 2.75) is 110 Å². The van der Waals surface area contributed by atoms with Crippen molar-refractivity contribution in [3.05, 3.63) is 5.53 Å². The zero-order valence-corrected chi connectivity index (χ0v) is 18.5. The molecule has 0 saturated heterocycles. The fraction of sp³-hybridized carbons (Fsp3) is 0.905. The molecule has 0 unspecified atom stereocenters. The van der Waals surface area contributed by atoms with Crippen molar-refractivity contribution in [3.63, 3.8) is 0 Å². The number of carbonyl (C=O) groups excluding carboxylic acids is 1. The Hall–Kier alpha value is -1.00. The number of rotatable bonds is 10. The number of ketones is 1. The van der Waals surface area contributed by atoms with E-state index >= 15 is 0 Å². The third-order valence-corrected chi connectivity index (χ3v) is 7.84. The number of unbranched alkanes of at least 4 members (excludes halogenated alkanes) is 6. The SMILES string of the molecule is CCCCCCCCCC1CCC(S(=O)(=O)C(=[N+]=[N-])C(=O)C(C)(C)C)CC1. The monoisotopic (exact) mass is 398 g/mol. The van der Waals surface area contributed by atoms with Gasteiger partial charge in [-0.05, 0) is 31.6 Å². The van der Waals surface area contributed by atoms with Crippen molar-refractivity contribution in [1.29, 1.82) is 0 Å². The lowest BCUT2D eigenvalue weighted by atomic mass is 9.85. The highest BCUT2D eigenvalue weighted by atomic mass is 32.2. The predicted molar refractivity (Wildman–Crippen MR) is 110 cm³/mol. The topological polar surface area (TPSA) is 87.6 Å². The van der Waals surface area contributed by atoms with E-state index in [-0.39, 0.29) is 0 Å². The number of hydrogen-bond donors (Lipinski definition) is 0. The summed E-state index contributed by atoms with van der Waals surface area (Å²) in [6.07, 6.45) is 13.1. The highest BCUT2D eigenvalue weighted by molar-refractivity contribution is 8.08. The first kappa shape index (κ1) is 24.0. The lowest BCUT2D eigenvalue weighted by Crippen LogP contribution is -2.41. The molecule has 0 heterocycles. The fourth-order valence-electron chi connectivity index (χ4n) is 3.83. The van der Waals surface area contributed by atoms with Crippen LogP contribution in [0.4, 0.5) is 0 Å². The van der Waals surface area contributed by atoms with Crippen LogP contribution in [-0.4, -0.2) is 29.3 Å². The van der Waals surface area contributed by atoms with Crippen LogP contribution >= 0.6 is 0 Å². The Balaban J connectivity index is 2.47. The summed E-state index contributed by atoms with van der Waals surface area (Å²) in [4.78, 5) is 15.2. The Morgan fingerprint density at radius 3 is 1.96 bits per heavy atom. The Labute approximate surface area is 165 Å². The van der Waals surface area contributed by atoms with Crippen LogP contribution in [0.3, 0.4) is 0 Å². The van der Waals surface area contributed by atoms with Crippen LogP contribution in [0, 0.1) is 11.3 Å². The van der Waals surface area contributed by atoms with Gasteiger partial charge in [0.1, 0.15) is 0 Å². The molecule has 0 N–H and O–H groups in total. The first-order valence-electron chi connectivity index (χ1n) is 10.6. The Morgan fingerprint density at radius 2 is 1.48 bits per heavy atom. The van der Waals surface area contributed by atoms with Gasteiger partial charge in [-0.1, -0.05) is 79.1 Å². The fourth-order valence-corrected chi connectivity index (χ4v) is 5.72. The van der Waals surface area contributed by atoms with Gasteiger partial charge in [-0.25, -0.2) is 8.42 Å². The minimum Gasteiger partial charge on any atom is -0.360 e. The van der Waals surface area contributed by atoms with Crippen molar-refractivity contribution >= 4 is 20.7 Å². The molecule has 1 saturated carbocycles. The van der Waals surface area contributed by atoms with Crippen LogP contribution in [0.1, 0.15) is 105 Å². The van der Waals surface area contributed by atoms with E-state index in [0.29, 0.717) is 18.8 Å². The van der Waals surface area contributed by atoms with Crippen molar-refractivity contribution in [2.24, 2.45) is 11.3 Å². The van der Waals surface area contributed by atoms with E-state index in [0.717, 1.165) is 12.8 Å². The second-order valence-corrected chi connectivity index (χ2v) is 11.2. The van der Waals surface area contributed by atoms with Crippen LogP contribution in [0.15, 0.2) is 0 Å². The molecule has 6 heteroatoms. The molecule has 5 nitrogen and oxygen atoms in total. The highest BCUT2D eigenvalue weighted by Crippen LogP contribution is 2.33. The summed E-state index contributed by atoms with van der Waals surface area (Å²) >= 11 is 0. The number of hydrogen-bond acceptors (Lipinski definition) is 3. The molecule has 0 radical (unpaired) electrons. The van der Waals surface area contributed by atoms with Gasteiger partial charge >= 0.3 is 5.04 Å². The summed E-state index contributed by atoms with van der Waals surface area (Å²) < 4.78 is 25.6. The van der Waals surface area contributed by atoms with Gasteiger partial charge in [0, 0.05) is 5.41 Å². The van der Waals surface area contributed by atoms with Gasteiger partial charge in [0.25, 0.3) is 15.6 Å². The van der Waals surface area contributed by atoms with Gasteiger partial charge < -0.3 is 5.53 Å². The Kier molecular flexibility index (Phi) is 9.89. The number of Topliss-reactive ketones (excluding diaryl/α,β-unsaturated/α-hetero) is 1. The number of sulfone groups is 1. The molecule has 0 aromatic rings. The van der Waals surface area contributed by atoms with Gasteiger partial charge in [0.2, 0.25) is 0 Å². The normalized spacial score (nSPS) is 20.9. The van der Waals surface area contributed by atoms with E-state index in [1.165, 1.54) is 51.4 Å². The van der Waals surface area contributed by atoms with E-state index < -0.39 is 31.3 Å². The molecular formula is C21H38N2O3S. The van der Waals surface area contributed by atoms with Crippen LogP contribution in [0.5, 0.6) is 0 Å². The molecule has 1 aliphatic rings. The third-order valence-electron chi connectivity index (χ3n) is 5.68. The molecule has 0 aromatic heterocycles. The molecule has 0 spiro atoms. The Morgan fingerprint density at radius 1 is 0.963 bits per heavy atom. The average Bonchev–Trinajstić information content (AvgIpc) is 2.61. The lowest BCUT2D eigenvalue weighted by Gasteiger charge is -2.27. The summed E-state index contributed by atoms with van der Waals surface area (Å²) in [7, 11) is -3.87. The van der Waals surface area contributed by atoms with Crippen LogP contribution in [0.25, 0.3) is 5.53 Å². The third kappa shape index (κ3) is 7.50. The predicted octanol–water partition coefficient (Wildman–Crippen LogP) is 5.34. The van der Waals surface area contributed by atoms with E-state index in [1.807, 2.05) is 0 Å². The maximum absolute atomic E-state index is 12.8. The lowest BCUT2D eigenvalue weighted by molar-refractivity contribution is -0.123. The quantitative estimate of drug-likeness (QED) is 0.163. The second-order valence-electron chi connectivity index (χ2n) is 9.08. The molecule has 0 atom stereocenters.